The molecule has 0 bridgehead atoms. The minimum atomic E-state index is -0.405. The molecule has 0 aromatic heterocycles. The zero-order valence-electron chi connectivity index (χ0n) is 14.4. The first-order chi connectivity index (χ1) is 12.5. The molecule has 0 saturated heterocycles. The number of nitrogens with one attached hydrogen (secondary N) is 2. The molecule has 0 saturated carbocycles. The van der Waals surface area contributed by atoms with Crippen LogP contribution in [0.25, 0.3) is 5.70 Å². The Hall–Kier alpha value is -2.99. The molecular formula is C20H18N2O3S. The van der Waals surface area contributed by atoms with Gasteiger partial charge < -0.3 is 15.4 Å². The smallest absolute Gasteiger partial charge is 0.337 e. The van der Waals surface area contributed by atoms with E-state index < -0.39 is 12.0 Å². The van der Waals surface area contributed by atoms with Crippen molar-refractivity contribution in [3.8, 4) is 0 Å². The van der Waals surface area contributed by atoms with Gasteiger partial charge in [0.1, 0.15) is 0 Å². The average molecular weight is 366 g/mol. The molecule has 1 atom stereocenters. The maximum Gasteiger partial charge on any atom is 0.337 e. The quantitative estimate of drug-likeness (QED) is 0.641. The fourth-order valence-electron chi connectivity index (χ4n) is 2.96. The summed E-state index contributed by atoms with van der Waals surface area (Å²) < 4.78 is 4.72. The van der Waals surface area contributed by atoms with Crippen molar-refractivity contribution in [2.75, 3.05) is 7.11 Å². The van der Waals surface area contributed by atoms with Gasteiger partial charge >= 0.3 is 5.97 Å². The molecule has 2 aromatic carbocycles. The zero-order chi connectivity index (χ0) is 18.7. The van der Waals surface area contributed by atoms with Gasteiger partial charge in [0.15, 0.2) is 10.9 Å². The van der Waals surface area contributed by atoms with Crippen LogP contribution in [0.1, 0.15) is 34.5 Å². The van der Waals surface area contributed by atoms with Crippen molar-refractivity contribution in [3.05, 3.63) is 76.9 Å². The number of Topliss-reactive ketones (excluding diaryl/α,β-unsaturated/α-hetero) is 1. The standard InChI is InChI=1S/C20H18N2O3S/c1-12(23)16-17(13-6-4-3-5-7-13)21-20(26)22-18(16)14-8-10-15(11-9-14)19(24)25-2/h3-11,18H,1-2H3,(H2,21,22,26)/t18-/m1/s1. The summed E-state index contributed by atoms with van der Waals surface area (Å²) in [6, 6.07) is 16.1. The van der Waals surface area contributed by atoms with Crippen molar-refractivity contribution in [2.24, 2.45) is 0 Å². The third-order valence-corrected chi connectivity index (χ3v) is 4.40. The summed E-state index contributed by atoms with van der Waals surface area (Å²) in [6.45, 7) is 1.53. The third kappa shape index (κ3) is 3.50. The van der Waals surface area contributed by atoms with Crippen LogP contribution in [0.3, 0.4) is 0 Å². The number of carbonyl (C=O) groups is 2. The van der Waals surface area contributed by atoms with Crippen LogP contribution in [-0.4, -0.2) is 24.0 Å². The van der Waals surface area contributed by atoms with Gasteiger partial charge in [-0.3, -0.25) is 4.79 Å². The number of hydrogen-bond donors (Lipinski definition) is 2. The van der Waals surface area contributed by atoms with Crippen molar-refractivity contribution in [2.45, 2.75) is 13.0 Å². The predicted octanol–water partition coefficient (Wildman–Crippen LogP) is 2.99. The topological polar surface area (TPSA) is 67.4 Å². The number of methoxy groups -OCH3 is 1. The van der Waals surface area contributed by atoms with Crippen LogP contribution in [0, 0.1) is 0 Å². The van der Waals surface area contributed by atoms with Crippen molar-refractivity contribution in [3.63, 3.8) is 0 Å². The van der Waals surface area contributed by atoms with E-state index in [1.807, 2.05) is 30.3 Å². The average Bonchev–Trinajstić information content (AvgIpc) is 2.67. The number of ketones is 1. The fraction of sp³-hybridized carbons (Fsp3) is 0.150. The molecule has 0 radical (unpaired) electrons. The highest BCUT2D eigenvalue weighted by molar-refractivity contribution is 7.80. The molecule has 5 nitrogen and oxygen atoms in total. The number of esters is 1. The molecular weight excluding hydrogens is 348 g/mol. The van der Waals surface area contributed by atoms with Crippen molar-refractivity contribution < 1.29 is 14.3 Å². The summed E-state index contributed by atoms with van der Waals surface area (Å²) in [5.74, 6) is -0.467. The summed E-state index contributed by atoms with van der Waals surface area (Å²) in [5, 5.41) is 6.70. The van der Waals surface area contributed by atoms with Crippen LogP contribution in [0.5, 0.6) is 0 Å². The first kappa shape index (κ1) is 17.8. The van der Waals surface area contributed by atoms with Gasteiger partial charge in [0.25, 0.3) is 0 Å². The lowest BCUT2D eigenvalue weighted by Crippen LogP contribution is -2.44. The highest BCUT2D eigenvalue weighted by Gasteiger charge is 2.30. The summed E-state index contributed by atoms with van der Waals surface area (Å²) in [7, 11) is 1.34. The van der Waals surface area contributed by atoms with Crippen molar-refractivity contribution >= 4 is 34.8 Å². The number of hydrogen-bond acceptors (Lipinski definition) is 4. The number of carbonyl (C=O) groups excluding carboxylic acids is 2. The van der Waals surface area contributed by atoms with Gasteiger partial charge in [0.2, 0.25) is 0 Å². The van der Waals surface area contributed by atoms with E-state index in [1.54, 1.807) is 24.3 Å². The molecule has 26 heavy (non-hydrogen) atoms. The molecule has 0 amide bonds. The van der Waals surface area contributed by atoms with Crippen LogP contribution in [-0.2, 0) is 9.53 Å². The van der Waals surface area contributed by atoms with Gasteiger partial charge in [-0.15, -0.1) is 0 Å². The van der Waals surface area contributed by atoms with Gasteiger partial charge in [-0.05, 0) is 42.4 Å². The molecule has 1 heterocycles. The molecule has 2 N–H and O–H groups in total. The van der Waals surface area contributed by atoms with Crippen LogP contribution in [0.2, 0.25) is 0 Å². The van der Waals surface area contributed by atoms with E-state index >= 15 is 0 Å². The Morgan fingerprint density at radius 2 is 1.69 bits per heavy atom. The second-order valence-corrected chi connectivity index (χ2v) is 6.26. The molecule has 3 rings (SSSR count). The summed E-state index contributed by atoms with van der Waals surface area (Å²) in [6.07, 6.45) is 0. The molecule has 0 aliphatic carbocycles. The minimum Gasteiger partial charge on any atom is -0.465 e. The number of ether oxygens (including phenoxy) is 1. The monoisotopic (exact) mass is 366 g/mol. The van der Waals surface area contributed by atoms with Crippen LogP contribution in [0.15, 0.2) is 60.2 Å². The number of benzene rings is 2. The van der Waals surface area contributed by atoms with Crippen LogP contribution >= 0.6 is 12.2 Å². The lowest BCUT2D eigenvalue weighted by molar-refractivity contribution is -0.113. The zero-order valence-corrected chi connectivity index (χ0v) is 15.2. The first-order valence-corrected chi connectivity index (χ1v) is 8.48. The van der Waals surface area contributed by atoms with Gasteiger partial charge in [0, 0.05) is 5.57 Å². The number of thiocarbonyl (C=S) groups is 1. The molecule has 1 aliphatic rings. The third-order valence-electron chi connectivity index (χ3n) is 4.18. The maximum absolute atomic E-state index is 12.4. The molecule has 1 aliphatic heterocycles. The van der Waals surface area contributed by atoms with Gasteiger partial charge in [-0.2, -0.15) is 0 Å². The van der Waals surface area contributed by atoms with Crippen molar-refractivity contribution in [1.29, 1.82) is 0 Å². The van der Waals surface area contributed by atoms with Gasteiger partial charge in [-0.25, -0.2) is 4.79 Å². The maximum atomic E-state index is 12.4. The van der Waals surface area contributed by atoms with E-state index in [-0.39, 0.29) is 5.78 Å². The summed E-state index contributed by atoms with van der Waals surface area (Å²) in [4.78, 5) is 24.1. The highest BCUT2D eigenvalue weighted by Crippen LogP contribution is 2.31. The molecule has 2 aromatic rings. The minimum absolute atomic E-state index is 0.0617. The largest absolute Gasteiger partial charge is 0.465 e. The van der Waals surface area contributed by atoms with E-state index in [9.17, 15) is 9.59 Å². The normalized spacial score (nSPS) is 16.5. The first-order valence-electron chi connectivity index (χ1n) is 8.07. The Kier molecular flexibility index (Phi) is 5.14. The van der Waals surface area contributed by atoms with E-state index in [2.05, 4.69) is 10.6 Å². The molecule has 6 heteroatoms. The Labute approximate surface area is 157 Å². The van der Waals surface area contributed by atoms with E-state index in [0.29, 0.717) is 21.9 Å². The number of rotatable bonds is 4. The predicted molar refractivity (Wildman–Crippen MR) is 103 cm³/mol. The van der Waals surface area contributed by atoms with Crippen LogP contribution < -0.4 is 10.6 Å². The van der Waals surface area contributed by atoms with E-state index in [4.69, 9.17) is 17.0 Å². The molecule has 0 spiro atoms. The SMILES string of the molecule is COC(=O)c1ccc([C@H]2NC(=S)NC(c3ccccc3)=C2C(C)=O)cc1. The summed E-state index contributed by atoms with van der Waals surface area (Å²) in [5.41, 5.74) is 3.46. The second kappa shape index (κ2) is 7.49. The lowest BCUT2D eigenvalue weighted by Gasteiger charge is -2.31. The Morgan fingerprint density at radius 1 is 1.04 bits per heavy atom. The Morgan fingerprint density at radius 3 is 2.27 bits per heavy atom. The Balaban J connectivity index is 2.08. The second-order valence-electron chi connectivity index (χ2n) is 5.86. The van der Waals surface area contributed by atoms with E-state index in [1.165, 1.54) is 14.0 Å². The summed E-state index contributed by atoms with van der Waals surface area (Å²) >= 11 is 5.34. The molecule has 0 unspecified atom stereocenters. The van der Waals surface area contributed by atoms with Crippen LogP contribution in [0.4, 0.5) is 0 Å². The molecule has 132 valence electrons. The van der Waals surface area contributed by atoms with Gasteiger partial charge in [0.05, 0.1) is 24.4 Å². The molecule has 0 fully saturated rings. The van der Waals surface area contributed by atoms with E-state index in [0.717, 1.165) is 11.1 Å². The Bertz CT molecular complexity index is 889. The lowest BCUT2D eigenvalue weighted by atomic mass is 9.90. The van der Waals surface area contributed by atoms with Gasteiger partial charge in [-0.1, -0.05) is 42.5 Å². The van der Waals surface area contributed by atoms with Crippen molar-refractivity contribution in [1.82, 2.24) is 10.6 Å². The fourth-order valence-corrected chi connectivity index (χ4v) is 3.18. The highest BCUT2D eigenvalue weighted by atomic mass is 32.1.